The van der Waals surface area contributed by atoms with E-state index in [0.29, 0.717) is 0 Å². The average molecular weight is 332 g/mol. The molecule has 88 valence electrons. The summed E-state index contributed by atoms with van der Waals surface area (Å²) in [6.07, 6.45) is 3.50. The summed E-state index contributed by atoms with van der Waals surface area (Å²) < 4.78 is 1.13. The third kappa shape index (κ3) is 2.29. The molecule has 0 bridgehead atoms. The molecule has 16 heavy (non-hydrogen) atoms. The highest BCUT2D eigenvalue weighted by Gasteiger charge is 2.32. The normalized spacial score (nSPS) is 21.1. The Morgan fingerprint density at radius 3 is 2.75 bits per heavy atom. The summed E-state index contributed by atoms with van der Waals surface area (Å²) >= 11 is 2.30. The standard InChI is InChI=1S/C11H17IN4/c1-11(2)7-16(5-4-15(11)3)10-9(12)6-13-8-14-10/h6,8H,4-5,7H2,1-3H3. The van der Waals surface area contributed by atoms with E-state index in [1.807, 2.05) is 6.20 Å². The molecule has 1 saturated heterocycles. The van der Waals surface area contributed by atoms with Crippen molar-refractivity contribution in [2.45, 2.75) is 19.4 Å². The van der Waals surface area contributed by atoms with E-state index in [9.17, 15) is 0 Å². The molecule has 1 aliphatic rings. The zero-order valence-electron chi connectivity index (χ0n) is 9.94. The number of rotatable bonds is 1. The van der Waals surface area contributed by atoms with Crippen molar-refractivity contribution in [2.75, 3.05) is 31.6 Å². The third-order valence-electron chi connectivity index (χ3n) is 3.26. The Bertz CT molecular complexity index is 380. The van der Waals surface area contributed by atoms with Gasteiger partial charge in [0.25, 0.3) is 0 Å². The summed E-state index contributed by atoms with van der Waals surface area (Å²) in [6, 6.07) is 0. The van der Waals surface area contributed by atoms with Gasteiger partial charge in [-0.3, -0.25) is 4.90 Å². The fourth-order valence-corrected chi connectivity index (χ4v) is 2.60. The molecule has 0 amide bonds. The van der Waals surface area contributed by atoms with Crippen LogP contribution in [-0.4, -0.2) is 47.1 Å². The molecular formula is C11H17IN4. The zero-order chi connectivity index (χ0) is 11.8. The fraction of sp³-hybridized carbons (Fsp3) is 0.636. The fourth-order valence-electron chi connectivity index (χ4n) is 1.96. The van der Waals surface area contributed by atoms with Crippen LogP contribution in [0.15, 0.2) is 12.5 Å². The van der Waals surface area contributed by atoms with Crippen molar-refractivity contribution in [3.63, 3.8) is 0 Å². The van der Waals surface area contributed by atoms with E-state index in [2.05, 4.69) is 63.3 Å². The lowest BCUT2D eigenvalue weighted by molar-refractivity contribution is 0.138. The predicted molar refractivity (Wildman–Crippen MR) is 73.7 cm³/mol. The van der Waals surface area contributed by atoms with Gasteiger partial charge in [0.2, 0.25) is 0 Å². The molecule has 0 aliphatic carbocycles. The molecule has 0 radical (unpaired) electrons. The van der Waals surface area contributed by atoms with Crippen molar-refractivity contribution in [3.8, 4) is 0 Å². The molecule has 0 unspecified atom stereocenters. The molecule has 0 aromatic carbocycles. The van der Waals surface area contributed by atoms with E-state index in [1.165, 1.54) is 0 Å². The average Bonchev–Trinajstić information content (AvgIpc) is 2.23. The van der Waals surface area contributed by atoms with Crippen molar-refractivity contribution in [3.05, 3.63) is 16.1 Å². The monoisotopic (exact) mass is 332 g/mol. The van der Waals surface area contributed by atoms with Crippen LogP contribution in [0.3, 0.4) is 0 Å². The molecule has 0 N–H and O–H groups in total. The Hall–Kier alpha value is -0.430. The molecule has 1 fully saturated rings. The number of aromatic nitrogens is 2. The minimum Gasteiger partial charge on any atom is -0.353 e. The first kappa shape index (κ1) is 12.0. The lowest BCUT2D eigenvalue weighted by Gasteiger charge is -2.45. The van der Waals surface area contributed by atoms with Crippen molar-refractivity contribution >= 4 is 28.4 Å². The maximum atomic E-state index is 4.38. The molecule has 1 aromatic rings. The van der Waals surface area contributed by atoms with Gasteiger partial charge in [0.15, 0.2) is 0 Å². The van der Waals surface area contributed by atoms with Crippen molar-refractivity contribution in [1.82, 2.24) is 14.9 Å². The second-order valence-corrected chi connectivity index (χ2v) is 6.01. The summed E-state index contributed by atoms with van der Waals surface area (Å²) in [5.74, 6) is 1.07. The number of hydrogen-bond donors (Lipinski definition) is 0. The Morgan fingerprint density at radius 2 is 2.12 bits per heavy atom. The van der Waals surface area contributed by atoms with Gasteiger partial charge < -0.3 is 4.90 Å². The van der Waals surface area contributed by atoms with Crippen LogP contribution in [0.5, 0.6) is 0 Å². The molecule has 2 heterocycles. The lowest BCUT2D eigenvalue weighted by atomic mass is 10.00. The highest BCUT2D eigenvalue weighted by atomic mass is 127. The number of likely N-dealkylation sites (N-methyl/N-ethyl adjacent to an activating group) is 1. The quantitative estimate of drug-likeness (QED) is 0.732. The minimum atomic E-state index is 0.201. The number of halogens is 1. The molecule has 0 spiro atoms. The van der Waals surface area contributed by atoms with E-state index >= 15 is 0 Å². The van der Waals surface area contributed by atoms with Gasteiger partial charge >= 0.3 is 0 Å². The first-order valence-electron chi connectivity index (χ1n) is 5.42. The first-order valence-corrected chi connectivity index (χ1v) is 6.50. The van der Waals surface area contributed by atoms with Crippen LogP contribution < -0.4 is 4.90 Å². The second kappa shape index (κ2) is 4.44. The molecule has 2 rings (SSSR count). The van der Waals surface area contributed by atoms with Gasteiger partial charge in [0.1, 0.15) is 12.1 Å². The van der Waals surface area contributed by atoms with Crippen LogP contribution in [0.25, 0.3) is 0 Å². The minimum absolute atomic E-state index is 0.201. The SMILES string of the molecule is CN1CCN(c2ncncc2I)CC1(C)C. The molecular weight excluding hydrogens is 315 g/mol. The van der Waals surface area contributed by atoms with Gasteiger partial charge in [-0.2, -0.15) is 0 Å². The van der Waals surface area contributed by atoms with E-state index in [1.54, 1.807) is 6.33 Å². The van der Waals surface area contributed by atoms with Crippen LogP contribution in [-0.2, 0) is 0 Å². The molecule has 4 nitrogen and oxygen atoms in total. The van der Waals surface area contributed by atoms with Gasteiger partial charge in [-0.15, -0.1) is 0 Å². The molecule has 1 aliphatic heterocycles. The smallest absolute Gasteiger partial charge is 0.145 e. The van der Waals surface area contributed by atoms with Crippen LogP contribution in [0.1, 0.15) is 13.8 Å². The van der Waals surface area contributed by atoms with Crippen molar-refractivity contribution in [2.24, 2.45) is 0 Å². The van der Waals surface area contributed by atoms with Crippen LogP contribution in [0, 0.1) is 3.57 Å². The predicted octanol–water partition coefficient (Wildman–Crippen LogP) is 1.61. The Balaban J connectivity index is 2.21. The van der Waals surface area contributed by atoms with Gasteiger partial charge in [-0.05, 0) is 43.5 Å². The summed E-state index contributed by atoms with van der Waals surface area (Å²) in [5, 5.41) is 0. The maximum absolute atomic E-state index is 4.38. The highest BCUT2D eigenvalue weighted by molar-refractivity contribution is 14.1. The number of nitrogens with zero attached hydrogens (tertiary/aromatic N) is 4. The van der Waals surface area contributed by atoms with Crippen LogP contribution in [0.2, 0.25) is 0 Å². The second-order valence-electron chi connectivity index (χ2n) is 4.85. The van der Waals surface area contributed by atoms with Gasteiger partial charge in [-0.1, -0.05) is 0 Å². The van der Waals surface area contributed by atoms with Crippen LogP contribution >= 0.6 is 22.6 Å². The maximum Gasteiger partial charge on any atom is 0.145 e. The van der Waals surface area contributed by atoms with E-state index in [0.717, 1.165) is 29.0 Å². The van der Waals surface area contributed by atoms with Gasteiger partial charge in [0, 0.05) is 31.4 Å². The lowest BCUT2D eigenvalue weighted by Crippen LogP contribution is -2.58. The summed E-state index contributed by atoms with van der Waals surface area (Å²) in [4.78, 5) is 13.2. The van der Waals surface area contributed by atoms with Gasteiger partial charge in [0.05, 0.1) is 3.57 Å². The Labute approximate surface area is 110 Å². The first-order chi connectivity index (χ1) is 7.50. The number of piperazine rings is 1. The third-order valence-corrected chi connectivity index (χ3v) is 4.03. The topological polar surface area (TPSA) is 32.3 Å². The molecule has 1 aromatic heterocycles. The highest BCUT2D eigenvalue weighted by Crippen LogP contribution is 2.25. The van der Waals surface area contributed by atoms with E-state index in [4.69, 9.17) is 0 Å². The molecule has 5 heteroatoms. The summed E-state index contributed by atoms with van der Waals surface area (Å²) in [6.45, 7) is 7.66. The van der Waals surface area contributed by atoms with Crippen molar-refractivity contribution < 1.29 is 0 Å². The van der Waals surface area contributed by atoms with Crippen molar-refractivity contribution in [1.29, 1.82) is 0 Å². The van der Waals surface area contributed by atoms with Crippen LogP contribution in [0.4, 0.5) is 5.82 Å². The Morgan fingerprint density at radius 1 is 1.38 bits per heavy atom. The largest absolute Gasteiger partial charge is 0.353 e. The Kier molecular flexibility index (Phi) is 3.34. The summed E-state index contributed by atoms with van der Waals surface area (Å²) in [7, 11) is 2.18. The van der Waals surface area contributed by atoms with E-state index in [-0.39, 0.29) is 5.54 Å². The molecule has 0 atom stereocenters. The molecule has 0 saturated carbocycles. The number of anilines is 1. The van der Waals surface area contributed by atoms with Gasteiger partial charge in [-0.25, -0.2) is 9.97 Å². The zero-order valence-corrected chi connectivity index (χ0v) is 12.1. The summed E-state index contributed by atoms with van der Waals surface area (Å²) in [5.41, 5.74) is 0.201. The number of hydrogen-bond acceptors (Lipinski definition) is 4. The van der Waals surface area contributed by atoms with E-state index < -0.39 is 0 Å².